The number of anilines is 1. The van der Waals surface area contributed by atoms with E-state index in [0.717, 1.165) is 43.3 Å². The molecule has 0 saturated carbocycles. The quantitative estimate of drug-likeness (QED) is 0.607. The average Bonchev–Trinajstić information content (AvgIpc) is 2.82. The molecule has 1 aliphatic rings. The number of hydrogen-bond acceptors (Lipinski definition) is 6. The van der Waals surface area contributed by atoms with Crippen molar-refractivity contribution >= 4 is 5.95 Å². The number of hydrogen-bond donors (Lipinski definition) is 1. The molecule has 0 spiro atoms. The minimum absolute atomic E-state index is 0.191. The van der Waals surface area contributed by atoms with E-state index < -0.39 is 6.10 Å². The number of aromatic nitrogens is 2. The van der Waals surface area contributed by atoms with Gasteiger partial charge in [-0.1, -0.05) is 54.6 Å². The zero-order valence-electron chi connectivity index (χ0n) is 18.0. The van der Waals surface area contributed by atoms with E-state index in [1.165, 1.54) is 5.56 Å². The highest BCUT2D eigenvalue weighted by Crippen LogP contribution is 2.28. The van der Waals surface area contributed by atoms with Crippen molar-refractivity contribution in [3.63, 3.8) is 0 Å². The lowest BCUT2D eigenvalue weighted by Gasteiger charge is -2.35. The van der Waals surface area contributed by atoms with Crippen molar-refractivity contribution < 1.29 is 9.84 Å². The molecule has 6 nitrogen and oxygen atoms in total. The van der Waals surface area contributed by atoms with Crippen molar-refractivity contribution in [3.8, 4) is 0 Å². The van der Waals surface area contributed by atoms with Gasteiger partial charge in [0, 0.05) is 45.1 Å². The number of nitrogens with zero attached hydrogens (tertiary/aromatic N) is 4. The van der Waals surface area contributed by atoms with Gasteiger partial charge in [0.15, 0.2) is 0 Å². The summed E-state index contributed by atoms with van der Waals surface area (Å²) in [6.07, 6.45) is 2.81. The number of ether oxygens (including phenoxy) is 1. The van der Waals surface area contributed by atoms with Crippen molar-refractivity contribution in [2.75, 3.05) is 44.2 Å². The van der Waals surface area contributed by atoms with Gasteiger partial charge in [-0.05, 0) is 29.7 Å². The summed E-state index contributed by atoms with van der Waals surface area (Å²) in [6.45, 7) is 6.43. The predicted molar refractivity (Wildman–Crippen MR) is 122 cm³/mol. The zero-order valence-corrected chi connectivity index (χ0v) is 18.0. The fourth-order valence-electron chi connectivity index (χ4n) is 4.02. The number of aliphatic hydroxyl groups is 1. The largest absolute Gasteiger partial charge is 0.389 e. The zero-order chi connectivity index (χ0) is 21.5. The Kier molecular flexibility index (Phi) is 7.25. The van der Waals surface area contributed by atoms with Gasteiger partial charge in [0.05, 0.1) is 12.7 Å². The molecule has 0 radical (unpaired) electrons. The van der Waals surface area contributed by atoms with Crippen LogP contribution in [-0.2, 0) is 4.74 Å². The smallest absolute Gasteiger partial charge is 0.225 e. The molecule has 1 N–H and O–H groups in total. The molecular formula is C25H30N4O2. The summed E-state index contributed by atoms with van der Waals surface area (Å²) in [5, 5.41) is 10.7. The Morgan fingerprint density at radius 1 is 0.903 bits per heavy atom. The monoisotopic (exact) mass is 418 g/mol. The maximum absolute atomic E-state index is 10.7. The lowest BCUT2D eigenvalue weighted by molar-refractivity contribution is -0.00913. The molecular weight excluding hydrogens is 388 g/mol. The Labute approximate surface area is 184 Å². The summed E-state index contributed by atoms with van der Waals surface area (Å²) in [5.74, 6) is 0.773. The van der Waals surface area contributed by atoms with Crippen LogP contribution in [0.3, 0.4) is 0 Å². The van der Waals surface area contributed by atoms with E-state index in [4.69, 9.17) is 4.74 Å². The molecule has 2 atom stereocenters. The van der Waals surface area contributed by atoms with Gasteiger partial charge < -0.3 is 14.7 Å². The van der Waals surface area contributed by atoms with Crippen molar-refractivity contribution in [2.45, 2.75) is 19.1 Å². The summed E-state index contributed by atoms with van der Waals surface area (Å²) < 4.78 is 6.28. The average molecular weight is 419 g/mol. The van der Waals surface area contributed by atoms with Crippen LogP contribution in [0.5, 0.6) is 0 Å². The Bertz CT molecular complexity index is 931. The highest BCUT2D eigenvalue weighted by Gasteiger charge is 2.22. The summed E-state index contributed by atoms with van der Waals surface area (Å²) in [5.41, 5.74) is 3.42. The number of piperazine rings is 1. The second kappa shape index (κ2) is 10.5. The maximum Gasteiger partial charge on any atom is 0.225 e. The van der Waals surface area contributed by atoms with E-state index in [0.29, 0.717) is 6.54 Å². The maximum atomic E-state index is 10.7. The predicted octanol–water partition coefficient (Wildman–Crippen LogP) is 3.07. The second-order valence-electron chi connectivity index (χ2n) is 7.97. The number of aliphatic hydroxyl groups excluding tert-OH is 1. The van der Waals surface area contributed by atoms with Gasteiger partial charge in [0.1, 0.15) is 6.10 Å². The van der Waals surface area contributed by atoms with Crippen molar-refractivity contribution in [1.29, 1.82) is 0 Å². The highest BCUT2D eigenvalue weighted by atomic mass is 16.5. The SMILES string of the molecule is Cc1ccccc1C(OCC(O)CN1CCN(c2ncccn2)CC1)c1ccccc1. The summed E-state index contributed by atoms with van der Waals surface area (Å²) in [7, 11) is 0. The Morgan fingerprint density at radius 2 is 1.58 bits per heavy atom. The van der Waals surface area contributed by atoms with Crippen LogP contribution in [0, 0.1) is 6.92 Å². The lowest BCUT2D eigenvalue weighted by Crippen LogP contribution is -2.49. The van der Waals surface area contributed by atoms with E-state index in [9.17, 15) is 5.11 Å². The lowest BCUT2D eigenvalue weighted by atomic mass is 9.97. The van der Waals surface area contributed by atoms with Gasteiger partial charge in [-0.25, -0.2) is 9.97 Å². The van der Waals surface area contributed by atoms with Crippen LogP contribution in [0.15, 0.2) is 73.1 Å². The molecule has 2 aromatic carbocycles. The van der Waals surface area contributed by atoms with Crippen LogP contribution >= 0.6 is 0 Å². The second-order valence-corrected chi connectivity index (χ2v) is 7.97. The third-order valence-corrected chi connectivity index (χ3v) is 5.70. The molecule has 0 bridgehead atoms. The van der Waals surface area contributed by atoms with Gasteiger partial charge in [-0.3, -0.25) is 4.90 Å². The van der Waals surface area contributed by atoms with E-state index in [-0.39, 0.29) is 12.7 Å². The van der Waals surface area contributed by atoms with E-state index in [1.54, 1.807) is 12.4 Å². The van der Waals surface area contributed by atoms with Crippen molar-refractivity contribution in [2.24, 2.45) is 0 Å². The van der Waals surface area contributed by atoms with Crippen LogP contribution in [0.25, 0.3) is 0 Å². The van der Waals surface area contributed by atoms with Gasteiger partial charge in [-0.15, -0.1) is 0 Å². The number of β-amino-alcohol motifs (C(OH)–C–C–N with tert-alkyl or cyclic N) is 1. The van der Waals surface area contributed by atoms with Crippen LogP contribution < -0.4 is 4.90 Å². The molecule has 2 heterocycles. The molecule has 0 aliphatic carbocycles. The minimum atomic E-state index is -0.547. The van der Waals surface area contributed by atoms with Gasteiger partial charge in [0.25, 0.3) is 0 Å². The molecule has 0 amide bonds. The first-order valence-electron chi connectivity index (χ1n) is 10.8. The fourth-order valence-corrected chi connectivity index (χ4v) is 4.02. The Morgan fingerprint density at radius 3 is 2.29 bits per heavy atom. The third-order valence-electron chi connectivity index (χ3n) is 5.70. The highest BCUT2D eigenvalue weighted by molar-refractivity contribution is 5.35. The van der Waals surface area contributed by atoms with E-state index in [1.807, 2.05) is 36.4 Å². The van der Waals surface area contributed by atoms with Crippen molar-refractivity contribution in [1.82, 2.24) is 14.9 Å². The first-order chi connectivity index (χ1) is 15.2. The van der Waals surface area contributed by atoms with Crippen LogP contribution in [0.4, 0.5) is 5.95 Å². The number of aryl methyl sites for hydroxylation is 1. The summed E-state index contributed by atoms with van der Waals surface area (Å²) in [4.78, 5) is 13.1. The molecule has 1 saturated heterocycles. The molecule has 6 heteroatoms. The van der Waals surface area contributed by atoms with Gasteiger partial charge >= 0.3 is 0 Å². The van der Waals surface area contributed by atoms with Crippen LogP contribution in [-0.4, -0.2) is 65.4 Å². The molecule has 162 valence electrons. The molecule has 1 aliphatic heterocycles. The number of rotatable bonds is 8. The number of benzene rings is 2. The van der Waals surface area contributed by atoms with Gasteiger partial charge in [-0.2, -0.15) is 0 Å². The third kappa shape index (κ3) is 5.67. The summed E-state index contributed by atoms with van der Waals surface area (Å²) >= 11 is 0. The topological polar surface area (TPSA) is 61.7 Å². The van der Waals surface area contributed by atoms with E-state index >= 15 is 0 Å². The van der Waals surface area contributed by atoms with E-state index in [2.05, 4.69) is 51.0 Å². The normalized spacial score (nSPS) is 16.8. The Balaban J connectivity index is 1.32. The first-order valence-corrected chi connectivity index (χ1v) is 10.8. The Hall–Kier alpha value is -2.80. The molecule has 31 heavy (non-hydrogen) atoms. The molecule has 1 fully saturated rings. The summed E-state index contributed by atoms with van der Waals surface area (Å²) in [6, 6.07) is 20.3. The van der Waals surface area contributed by atoms with Crippen LogP contribution in [0.2, 0.25) is 0 Å². The standard InChI is InChI=1S/C25H30N4O2/c1-20-8-5-6-11-23(20)24(21-9-3-2-4-10-21)31-19-22(30)18-28-14-16-29(17-15-28)25-26-12-7-13-27-25/h2-13,22,24,30H,14-19H2,1H3. The molecule has 4 rings (SSSR count). The van der Waals surface area contributed by atoms with Crippen molar-refractivity contribution in [3.05, 3.63) is 89.7 Å². The fraction of sp³-hybridized carbons (Fsp3) is 0.360. The van der Waals surface area contributed by atoms with Crippen LogP contribution in [0.1, 0.15) is 22.8 Å². The molecule has 3 aromatic rings. The molecule has 1 aromatic heterocycles. The first kappa shape index (κ1) is 21.4. The van der Waals surface area contributed by atoms with Gasteiger partial charge in [0.2, 0.25) is 5.95 Å². The molecule has 2 unspecified atom stereocenters. The minimum Gasteiger partial charge on any atom is -0.389 e.